The van der Waals surface area contributed by atoms with Crippen molar-refractivity contribution in [2.45, 2.75) is 32.2 Å². The van der Waals surface area contributed by atoms with E-state index in [1.54, 1.807) is 12.1 Å². The van der Waals surface area contributed by atoms with Crippen molar-refractivity contribution in [1.82, 2.24) is 5.32 Å². The number of aliphatic carboxylic acids is 1. The Labute approximate surface area is 101 Å². The highest BCUT2D eigenvalue weighted by Crippen LogP contribution is 2.11. The first-order chi connectivity index (χ1) is 8.08. The molecule has 0 spiro atoms. The highest BCUT2D eigenvalue weighted by molar-refractivity contribution is 5.66. The van der Waals surface area contributed by atoms with Gasteiger partial charge < -0.3 is 15.5 Å². The van der Waals surface area contributed by atoms with Crippen LogP contribution in [-0.2, 0) is 11.2 Å². The standard InChI is InChI=1S/C13H19NO3/c1-10(14-8-2-3-13(16)17)9-11-4-6-12(15)7-5-11/h4-7,10,14-15H,2-3,8-9H2,1H3,(H,16,17). The van der Waals surface area contributed by atoms with Gasteiger partial charge in [-0.25, -0.2) is 0 Å². The Morgan fingerprint density at radius 3 is 2.59 bits per heavy atom. The largest absolute Gasteiger partial charge is 0.508 e. The van der Waals surface area contributed by atoms with Crippen LogP contribution in [0.5, 0.6) is 5.75 Å². The van der Waals surface area contributed by atoms with E-state index >= 15 is 0 Å². The third kappa shape index (κ3) is 5.92. The van der Waals surface area contributed by atoms with E-state index in [4.69, 9.17) is 10.2 Å². The number of carbonyl (C=O) groups is 1. The minimum atomic E-state index is -0.752. The first-order valence-corrected chi connectivity index (χ1v) is 5.81. The van der Waals surface area contributed by atoms with Crippen LogP contribution in [0.1, 0.15) is 25.3 Å². The molecule has 94 valence electrons. The van der Waals surface area contributed by atoms with E-state index in [1.807, 2.05) is 12.1 Å². The Morgan fingerprint density at radius 1 is 1.35 bits per heavy atom. The molecular weight excluding hydrogens is 218 g/mol. The fourth-order valence-electron chi connectivity index (χ4n) is 1.65. The van der Waals surface area contributed by atoms with Gasteiger partial charge in [-0.1, -0.05) is 12.1 Å². The van der Waals surface area contributed by atoms with Crippen molar-refractivity contribution in [1.29, 1.82) is 0 Å². The summed E-state index contributed by atoms with van der Waals surface area (Å²) in [5.41, 5.74) is 1.15. The van der Waals surface area contributed by atoms with Crippen LogP contribution in [0.15, 0.2) is 24.3 Å². The summed E-state index contributed by atoms with van der Waals surface area (Å²) in [6.07, 6.45) is 1.72. The zero-order chi connectivity index (χ0) is 12.7. The second kappa shape index (κ2) is 6.91. The monoisotopic (exact) mass is 237 g/mol. The first-order valence-electron chi connectivity index (χ1n) is 5.81. The first kappa shape index (κ1) is 13.5. The van der Waals surface area contributed by atoms with Crippen molar-refractivity contribution in [2.75, 3.05) is 6.54 Å². The van der Waals surface area contributed by atoms with Crippen molar-refractivity contribution in [3.63, 3.8) is 0 Å². The number of carboxylic acid groups (broad SMARTS) is 1. The molecule has 4 heteroatoms. The van der Waals surface area contributed by atoms with E-state index < -0.39 is 5.97 Å². The van der Waals surface area contributed by atoms with Crippen molar-refractivity contribution in [3.8, 4) is 5.75 Å². The minimum absolute atomic E-state index is 0.207. The van der Waals surface area contributed by atoms with Crippen LogP contribution in [0.25, 0.3) is 0 Å². The third-order valence-electron chi connectivity index (χ3n) is 2.54. The van der Waals surface area contributed by atoms with Crippen molar-refractivity contribution >= 4 is 5.97 Å². The number of carboxylic acids is 1. The van der Waals surface area contributed by atoms with Crippen LogP contribution in [0.2, 0.25) is 0 Å². The summed E-state index contributed by atoms with van der Waals surface area (Å²) < 4.78 is 0. The normalized spacial score (nSPS) is 12.3. The van der Waals surface area contributed by atoms with Crippen LogP contribution in [-0.4, -0.2) is 28.8 Å². The van der Waals surface area contributed by atoms with Gasteiger partial charge in [0.25, 0.3) is 0 Å². The van der Waals surface area contributed by atoms with Gasteiger partial charge in [0, 0.05) is 12.5 Å². The molecule has 0 fully saturated rings. The smallest absolute Gasteiger partial charge is 0.303 e. The van der Waals surface area contributed by atoms with Gasteiger partial charge in [0.2, 0.25) is 0 Å². The molecule has 1 aromatic rings. The van der Waals surface area contributed by atoms with Gasteiger partial charge in [-0.05, 0) is 44.0 Å². The number of nitrogens with one attached hydrogen (secondary N) is 1. The van der Waals surface area contributed by atoms with Gasteiger partial charge in [0.15, 0.2) is 0 Å². The molecule has 0 saturated carbocycles. The molecular formula is C13H19NO3. The van der Waals surface area contributed by atoms with Crippen LogP contribution >= 0.6 is 0 Å². The van der Waals surface area contributed by atoms with Crippen molar-refractivity contribution in [3.05, 3.63) is 29.8 Å². The molecule has 0 bridgehead atoms. The lowest BCUT2D eigenvalue weighted by Gasteiger charge is -2.13. The van der Waals surface area contributed by atoms with E-state index in [-0.39, 0.29) is 12.2 Å². The maximum Gasteiger partial charge on any atom is 0.303 e. The van der Waals surface area contributed by atoms with E-state index in [9.17, 15) is 4.79 Å². The van der Waals surface area contributed by atoms with E-state index in [2.05, 4.69) is 12.2 Å². The molecule has 17 heavy (non-hydrogen) atoms. The molecule has 0 aliphatic heterocycles. The number of hydrogen-bond donors (Lipinski definition) is 3. The van der Waals surface area contributed by atoms with Crippen LogP contribution in [0.4, 0.5) is 0 Å². The highest BCUT2D eigenvalue weighted by Gasteiger charge is 2.03. The van der Waals surface area contributed by atoms with E-state index in [0.29, 0.717) is 19.0 Å². The molecule has 1 aromatic carbocycles. The molecule has 0 aliphatic rings. The summed E-state index contributed by atoms with van der Waals surface area (Å²) in [5.74, 6) is -0.478. The Bertz CT molecular complexity index is 348. The lowest BCUT2D eigenvalue weighted by molar-refractivity contribution is -0.137. The molecule has 0 saturated heterocycles. The average molecular weight is 237 g/mol. The van der Waals surface area contributed by atoms with Gasteiger partial charge >= 0.3 is 5.97 Å². The lowest BCUT2D eigenvalue weighted by atomic mass is 10.1. The number of aromatic hydroxyl groups is 1. The number of phenolic OH excluding ortho intramolecular Hbond substituents is 1. The fourth-order valence-corrected chi connectivity index (χ4v) is 1.65. The number of hydrogen-bond acceptors (Lipinski definition) is 3. The van der Waals surface area contributed by atoms with E-state index in [1.165, 1.54) is 0 Å². The molecule has 0 radical (unpaired) electrons. The van der Waals surface area contributed by atoms with Gasteiger partial charge in [0.1, 0.15) is 5.75 Å². The second-order valence-electron chi connectivity index (χ2n) is 4.22. The molecule has 1 rings (SSSR count). The van der Waals surface area contributed by atoms with Crippen LogP contribution < -0.4 is 5.32 Å². The predicted molar refractivity (Wildman–Crippen MR) is 66.1 cm³/mol. The lowest BCUT2D eigenvalue weighted by Crippen LogP contribution is -2.29. The topological polar surface area (TPSA) is 69.6 Å². The zero-order valence-corrected chi connectivity index (χ0v) is 10.0. The second-order valence-corrected chi connectivity index (χ2v) is 4.22. The fraction of sp³-hybridized carbons (Fsp3) is 0.462. The summed E-state index contributed by atoms with van der Waals surface area (Å²) in [4.78, 5) is 10.3. The summed E-state index contributed by atoms with van der Waals surface area (Å²) in [5, 5.41) is 20.9. The molecule has 0 aromatic heterocycles. The summed E-state index contributed by atoms with van der Waals surface area (Å²) >= 11 is 0. The molecule has 0 aliphatic carbocycles. The molecule has 0 amide bonds. The SMILES string of the molecule is CC(Cc1ccc(O)cc1)NCCCC(=O)O. The Morgan fingerprint density at radius 2 is 2.00 bits per heavy atom. The van der Waals surface area contributed by atoms with Crippen LogP contribution in [0.3, 0.4) is 0 Å². The molecule has 3 N–H and O–H groups in total. The third-order valence-corrected chi connectivity index (χ3v) is 2.54. The van der Waals surface area contributed by atoms with Crippen molar-refractivity contribution in [2.24, 2.45) is 0 Å². The minimum Gasteiger partial charge on any atom is -0.508 e. The maximum atomic E-state index is 10.3. The number of phenols is 1. The van der Waals surface area contributed by atoms with Crippen LogP contribution in [0, 0.1) is 0 Å². The quantitative estimate of drug-likeness (QED) is 0.632. The maximum absolute atomic E-state index is 10.3. The predicted octanol–water partition coefficient (Wildman–Crippen LogP) is 1.78. The summed E-state index contributed by atoms with van der Waals surface area (Å²) in [6.45, 7) is 2.78. The summed E-state index contributed by atoms with van der Waals surface area (Å²) in [7, 11) is 0. The van der Waals surface area contributed by atoms with Gasteiger partial charge in [0.05, 0.1) is 0 Å². The molecule has 4 nitrogen and oxygen atoms in total. The van der Waals surface area contributed by atoms with Gasteiger partial charge in [-0.15, -0.1) is 0 Å². The molecule has 0 heterocycles. The van der Waals surface area contributed by atoms with Crippen molar-refractivity contribution < 1.29 is 15.0 Å². The Kier molecular flexibility index (Phi) is 5.49. The highest BCUT2D eigenvalue weighted by atomic mass is 16.4. The zero-order valence-electron chi connectivity index (χ0n) is 10.0. The average Bonchev–Trinajstić information content (AvgIpc) is 2.27. The molecule has 1 unspecified atom stereocenters. The van der Waals surface area contributed by atoms with Gasteiger partial charge in [-0.3, -0.25) is 4.79 Å². The van der Waals surface area contributed by atoms with E-state index in [0.717, 1.165) is 12.0 Å². The number of rotatable bonds is 7. The number of benzene rings is 1. The van der Waals surface area contributed by atoms with Gasteiger partial charge in [-0.2, -0.15) is 0 Å². The summed E-state index contributed by atoms with van der Waals surface area (Å²) in [6, 6.07) is 7.43. The Hall–Kier alpha value is -1.55. The Balaban J connectivity index is 2.22. The molecule has 1 atom stereocenters.